The highest BCUT2D eigenvalue weighted by Gasteiger charge is 2.35. The van der Waals surface area contributed by atoms with Crippen molar-refractivity contribution < 1.29 is 9.59 Å². The summed E-state index contributed by atoms with van der Waals surface area (Å²) in [6, 6.07) is -0.440. The number of hydrogen-bond acceptors (Lipinski definition) is 3. The molecule has 2 fully saturated rings. The maximum absolute atomic E-state index is 12.1. The van der Waals surface area contributed by atoms with E-state index < -0.39 is 6.04 Å². The number of nitrogens with zero attached hydrogens (tertiary/aromatic N) is 2. The first-order valence-corrected chi connectivity index (χ1v) is 5.76. The summed E-state index contributed by atoms with van der Waals surface area (Å²) in [5, 5.41) is 3.19. The third kappa shape index (κ3) is 2.11. The number of nitrogens with two attached hydrogens (primary N) is 1. The van der Waals surface area contributed by atoms with E-state index in [9.17, 15) is 9.59 Å². The largest absolute Gasteiger partial charge is 0.368 e. The van der Waals surface area contributed by atoms with Gasteiger partial charge in [-0.3, -0.25) is 4.79 Å². The van der Waals surface area contributed by atoms with Gasteiger partial charge in [-0.15, -0.1) is 0 Å². The molecule has 2 rings (SSSR count). The number of carbonyl (C=O) groups is 2. The molecule has 0 aliphatic carbocycles. The minimum absolute atomic E-state index is 0.0391. The van der Waals surface area contributed by atoms with Gasteiger partial charge in [-0.05, 0) is 12.8 Å². The summed E-state index contributed by atoms with van der Waals surface area (Å²) in [5.74, 6) is -0.388. The van der Waals surface area contributed by atoms with Crippen molar-refractivity contribution in [3.05, 3.63) is 0 Å². The number of rotatable bonds is 1. The zero-order valence-corrected chi connectivity index (χ0v) is 9.32. The van der Waals surface area contributed by atoms with E-state index in [2.05, 4.69) is 5.32 Å². The highest BCUT2D eigenvalue weighted by Crippen LogP contribution is 2.18. The first kappa shape index (κ1) is 11.2. The van der Waals surface area contributed by atoms with Crippen LogP contribution in [0.4, 0.5) is 4.79 Å². The summed E-state index contributed by atoms with van der Waals surface area (Å²) in [6.07, 6.45) is 1.57. The van der Waals surface area contributed by atoms with E-state index in [0.717, 1.165) is 19.5 Å². The Hall–Kier alpha value is -1.30. The van der Waals surface area contributed by atoms with Crippen LogP contribution in [0.25, 0.3) is 0 Å². The monoisotopic (exact) mass is 226 g/mol. The Balaban J connectivity index is 1.99. The van der Waals surface area contributed by atoms with Crippen LogP contribution < -0.4 is 11.1 Å². The second-order valence-corrected chi connectivity index (χ2v) is 4.27. The Labute approximate surface area is 94.7 Å². The van der Waals surface area contributed by atoms with Crippen molar-refractivity contribution in [2.24, 2.45) is 5.73 Å². The molecule has 6 nitrogen and oxygen atoms in total. The molecule has 0 aromatic rings. The SMILES string of the molecule is NC(=O)C1CCCN1C(=O)N1CCNCC1. The molecular formula is C10H18N4O2. The van der Waals surface area contributed by atoms with Gasteiger partial charge >= 0.3 is 6.03 Å². The highest BCUT2D eigenvalue weighted by molar-refractivity contribution is 5.86. The lowest BCUT2D eigenvalue weighted by Gasteiger charge is -2.33. The van der Waals surface area contributed by atoms with Gasteiger partial charge in [0.25, 0.3) is 0 Å². The molecule has 16 heavy (non-hydrogen) atoms. The summed E-state index contributed by atoms with van der Waals surface area (Å²) in [7, 11) is 0. The molecule has 1 atom stereocenters. The predicted molar refractivity (Wildman–Crippen MR) is 58.8 cm³/mol. The lowest BCUT2D eigenvalue weighted by Crippen LogP contribution is -2.54. The van der Waals surface area contributed by atoms with Crippen molar-refractivity contribution in [2.75, 3.05) is 32.7 Å². The summed E-state index contributed by atoms with van der Waals surface area (Å²) < 4.78 is 0. The number of urea groups is 1. The quantitative estimate of drug-likeness (QED) is 0.599. The van der Waals surface area contributed by atoms with Crippen molar-refractivity contribution in [3.8, 4) is 0 Å². The van der Waals surface area contributed by atoms with Crippen molar-refractivity contribution in [2.45, 2.75) is 18.9 Å². The maximum atomic E-state index is 12.1. The second kappa shape index (κ2) is 4.69. The molecule has 2 aliphatic rings. The first-order chi connectivity index (χ1) is 7.70. The van der Waals surface area contributed by atoms with E-state index in [-0.39, 0.29) is 11.9 Å². The number of carbonyl (C=O) groups excluding carboxylic acids is 2. The number of nitrogens with one attached hydrogen (secondary N) is 1. The topological polar surface area (TPSA) is 78.7 Å². The van der Waals surface area contributed by atoms with Crippen LogP contribution in [0.2, 0.25) is 0 Å². The normalized spacial score (nSPS) is 25.9. The molecule has 0 saturated carbocycles. The van der Waals surface area contributed by atoms with Gasteiger partial charge in [-0.2, -0.15) is 0 Å². The Morgan fingerprint density at radius 2 is 1.88 bits per heavy atom. The minimum atomic E-state index is -0.401. The molecule has 0 aromatic heterocycles. The molecule has 0 spiro atoms. The molecule has 0 aromatic carbocycles. The summed E-state index contributed by atoms with van der Waals surface area (Å²) in [4.78, 5) is 26.7. The number of primary amides is 1. The average Bonchev–Trinajstić information content (AvgIpc) is 2.78. The molecule has 2 heterocycles. The van der Waals surface area contributed by atoms with Gasteiger partial charge in [0, 0.05) is 32.7 Å². The Morgan fingerprint density at radius 1 is 1.19 bits per heavy atom. The number of amides is 3. The van der Waals surface area contributed by atoms with Crippen molar-refractivity contribution in [1.82, 2.24) is 15.1 Å². The second-order valence-electron chi connectivity index (χ2n) is 4.27. The van der Waals surface area contributed by atoms with Gasteiger partial charge in [0.05, 0.1) is 0 Å². The summed E-state index contributed by atoms with van der Waals surface area (Å²) in [5.41, 5.74) is 5.29. The van der Waals surface area contributed by atoms with Crippen LogP contribution in [0.3, 0.4) is 0 Å². The fourth-order valence-corrected chi connectivity index (χ4v) is 2.33. The molecule has 1 unspecified atom stereocenters. The van der Waals surface area contributed by atoms with E-state index in [1.807, 2.05) is 0 Å². The first-order valence-electron chi connectivity index (χ1n) is 5.76. The number of piperazine rings is 1. The fraction of sp³-hybridized carbons (Fsp3) is 0.800. The van der Waals surface area contributed by atoms with Crippen LogP contribution >= 0.6 is 0 Å². The molecule has 0 radical (unpaired) electrons. The average molecular weight is 226 g/mol. The molecule has 3 amide bonds. The van der Waals surface area contributed by atoms with Crippen molar-refractivity contribution >= 4 is 11.9 Å². The van der Waals surface area contributed by atoms with E-state index >= 15 is 0 Å². The molecular weight excluding hydrogens is 208 g/mol. The van der Waals surface area contributed by atoms with Gasteiger partial charge in [-0.1, -0.05) is 0 Å². The molecule has 2 aliphatic heterocycles. The molecule has 2 saturated heterocycles. The van der Waals surface area contributed by atoms with Gasteiger partial charge < -0.3 is 20.9 Å². The summed E-state index contributed by atoms with van der Waals surface area (Å²) >= 11 is 0. The minimum Gasteiger partial charge on any atom is -0.368 e. The molecule has 0 bridgehead atoms. The highest BCUT2D eigenvalue weighted by atomic mass is 16.2. The molecule has 6 heteroatoms. The van der Waals surface area contributed by atoms with E-state index in [4.69, 9.17) is 5.73 Å². The predicted octanol–water partition coefficient (Wildman–Crippen LogP) is -1.04. The van der Waals surface area contributed by atoms with Gasteiger partial charge in [0.2, 0.25) is 5.91 Å². The lowest BCUT2D eigenvalue weighted by atomic mass is 10.2. The van der Waals surface area contributed by atoms with Crippen LogP contribution in [-0.4, -0.2) is 60.5 Å². The number of hydrogen-bond donors (Lipinski definition) is 2. The van der Waals surface area contributed by atoms with E-state index in [1.165, 1.54) is 0 Å². The van der Waals surface area contributed by atoms with Crippen LogP contribution in [0, 0.1) is 0 Å². The smallest absolute Gasteiger partial charge is 0.320 e. The zero-order chi connectivity index (χ0) is 11.5. The Kier molecular flexibility index (Phi) is 3.28. The van der Waals surface area contributed by atoms with Gasteiger partial charge in [-0.25, -0.2) is 4.79 Å². The van der Waals surface area contributed by atoms with Crippen LogP contribution in [-0.2, 0) is 4.79 Å². The third-order valence-electron chi connectivity index (χ3n) is 3.21. The molecule has 3 N–H and O–H groups in total. The van der Waals surface area contributed by atoms with Crippen LogP contribution in [0.5, 0.6) is 0 Å². The Bertz CT molecular complexity index is 289. The van der Waals surface area contributed by atoms with Crippen LogP contribution in [0.1, 0.15) is 12.8 Å². The fourth-order valence-electron chi connectivity index (χ4n) is 2.33. The lowest BCUT2D eigenvalue weighted by molar-refractivity contribution is -0.121. The number of likely N-dealkylation sites (tertiary alicyclic amines) is 1. The van der Waals surface area contributed by atoms with E-state index in [1.54, 1.807) is 9.80 Å². The summed E-state index contributed by atoms with van der Waals surface area (Å²) in [6.45, 7) is 3.71. The zero-order valence-electron chi connectivity index (χ0n) is 9.32. The standard InChI is InChI=1S/C10H18N4O2/c11-9(15)8-2-1-5-14(8)10(16)13-6-3-12-4-7-13/h8,12H,1-7H2,(H2,11,15). The van der Waals surface area contributed by atoms with Gasteiger partial charge in [0.15, 0.2) is 0 Å². The van der Waals surface area contributed by atoms with Crippen LogP contribution in [0.15, 0.2) is 0 Å². The van der Waals surface area contributed by atoms with Crippen molar-refractivity contribution in [1.29, 1.82) is 0 Å². The van der Waals surface area contributed by atoms with E-state index in [0.29, 0.717) is 26.1 Å². The van der Waals surface area contributed by atoms with Crippen molar-refractivity contribution in [3.63, 3.8) is 0 Å². The maximum Gasteiger partial charge on any atom is 0.320 e. The van der Waals surface area contributed by atoms with Gasteiger partial charge in [0.1, 0.15) is 6.04 Å². The Morgan fingerprint density at radius 3 is 2.50 bits per heavy atom. The third-order valence-corrected chi connectivity index (χ3v) is 3.21. The molecule has 90 valence electrons.